The molecular weight excluding hydrogens is 820 g/mol. The van der Waals surface area contributed by atoms with Crippen molar-refractivity contribution in [2.45, 2.75) is 65.0 Å². The first kappa shape index (κ1) is 32.9. The number of fused-ring (bicyclic) bond motifs is 9. The van der Waals surface area contributed by atoms with Gasteiger partial charge in [0.15, 0.2) is 0 Å². The van der Waals surface area contributed by atoms with Gasteiger partial charge >= 0.3 is 21.1 Å². The molecule has 0 fully saturated rings. The first-order chi connectivity index (χ1) is 24.5. The number of aromatic nitrogens is 3. The average molecular weight is 858 g/mol. The monoisotopic (exact) mass is 857 g/mol. The van der Waals surface area contributed by atoms with Crippen molar-refractivity contribution in [1.29, 1.82) is 0 Å². The second kappa shape index (κ2) is 11.0. The average Bonchev–Trinajstić information content (AvgIpc) is 3.75. The van der Waals surface area contributed by atoms with E-state index in [-0.39, 0.29) is 26.5 Å². The molecule has 0 radical (unpaired) electrons. The van der Waals surface area contributed by atoms with Crippen LogP contribution in [-0.2, 0) is 36.8 Å². The van der Waals surface area contributed by atoms with Gasteiger partial charge in [-0.3, -0.25) is 4.99 Å². The van der Waals surface area contributed by atoms with Gasteiger partial charge in [-0.05, 0) is 74.7 Å². The van der Waals surface area contributed by atoms with Crippen molar-refractivity contribution in [3.63, 3.8) is 0 Å². The van der Waals surface area contributed by atoms with Crippen LogP contribution in [0.25, 0.3) is 55.1 Å². The van der Waals surface area contributed by atoms with Crippen LogP contribution < -0.4 is 0 Å². The molecule has 4 heterocycles. The van der Waals surface area contributed by atoms with Crippen molar-refractivity contribution in [3.05, 3.63) is 149 Å². The molecular formula is C46H38N4OPt. The fraction of sp³-hybridized carbons (Fsp3) is 0.217. The number of nitrogens with zero attached hydrogens (tertiary/aromatic N) is 4. The molecule has 258 valence electrons. The van der Waals surface area contributed by atoms with Crippen LogP contribution >= 0.6 is 0 Å². The van der Waals surface area contributed by atoms with E-state index in [9.17, 15) is 0 Å². The van der Waals surface area contributed by atoms with Gasteiger partial charge < -0.3 is 13.9 Å². The summed E-state index contributed by atoms with van der Waals surface area (Å²) in [5, 5.41) is 4.64. The van der Waals surface area contributed by atoms with E-state index >= 15 is 0 Å². The van der Waals surface area contributed by atoms with E-state index in [1.807, 2.05) is 12.3 Å². The molecule has 0 N–H and O–H groups in total. The van der Waals surface area contributed by atoms with Crippen molar-refractivity contribution >= 4 is 49.6 Å². The summed E-state index contributed by atoms with van der Waals surface area (Å²) in [7, 11) is 0. The second-order valence-electron chi connectivity index (χ2n) is 15.4. The molecule has 1 aliphatic heterocycles. The minimum Gasteiger partial charge on any atom is -0.508 e. The summed E-state index contributed by atoms with van der Waals surface area (Å²) in [5.74, 6) is 0.639. The van der Waals surface area contributed by atoms with Crippen molar-refractivity contribution in [2.75, 3.05) is 0 Å². The molecule has 5 aromatic carbocycles. The molecule has 2 atom stereocenters. The maximum absolute atomic E-state index is 6.99. The molecule has 0 bridgehead atoms. The summed E-state index contributed by atoms with van der Waals surface area (Å²) in [5.41, 5.74) is 11.6. The molecule has 0 unspecified atom stereocenters. The van der Waals surface area contributed by atoms with Crippen LogP contribution in [0.2, 0.25) is 0 Å². The Labute approximate surface area is 318 Å². The van der Waals surface area contributed by atoms with E-state index in [0.717, 1.165) is 55.5 Å². The number of aryl methyl sites for hydroxylation is 3. The van der Waals surface area contributed by atoms with E-state index < -0.39 is 11.1 Å². The Morgan fingerprint density at radius 2 is 1.31 bits per heavy atom. The fourth-order valence-corrected chi connectivity index (χ4v) is 9.06. The number of ether oxygens (including phenoxy) is 1. The summed E-state index contributed by atoms with van der Waals surface area (Å²) in [6, 6.07) is 42.5. The summed E-state index contributed by atoms with van der Waals surface area (Å²) >= 11 is 0. The largest absolute Gasteiger partial charge is 2.00 e. The number of hydrogen-bond donors (Lipinski definition) is 0. The Bertz CT molecular complexity index is 2840. The number of benzene rings is 5. The van der Waals surface area contributed by atoms with Gasteiger partial charge in [0.05, 0.1) is 5.52 Å². The molecule has 0 saturated heterocycles. The van der Waals surface area contributed by atoms with Gasteiger partial charge in [-0.15, -0.1) is 41.3 Å². The van der Waals surface area contributed by atoms with Gasteiger partial charge in [-0.1, -0.05) is 91.1 Å². The maximum atomic E-state index is 6.99. The molecule has 3 aromatic heterocycles. The van der Waals surface area contributed by atoms with E-state index in [4.69, 9.17) is 14.7 Å². The third-order valence-corrected chi connectivity index (χ3v) is 12.1. The molecule has 10 rings (SSSR count). The van der Waals surface area contributed by atoms with Crippen molar-refractivity contribution in [2.24, 2.45) is 4.99 Å². The standard InChI is InChI=1S/C46H38N4O.Pt/c1-27-14-18-39-35(23-27)33-17-16-31(50-40-19-15-28(2)24-36(40)34-11-10-20-47-42(34)50)26-41(33)49(39)32-22-29(3)21-30(25-32)43-48-46(7)44(4,5)37-12-8-9-13-38(37)45(46,6)51-43;/h8-24H,1-7H3;/q-2;+2/t45-,46+;/m0./s1. The zero-order valence-corrected chi connectivity index (χ0v) is 32.6. The van der Waals surface area contributed by atoms with Crippen LogP contribution in [0.3, 0.4) is 0 Å². The Kier molecular flexibility index (Phi) is 6.96. The van der Waals surface area contributed by atoms with E-state index in [1.165, 1.54) is 33.0 Å². The molecule has 5 nitrogen and oxygen atoms in total. The summed E-state index contributed by atoms with van der Waals surface area (Å²) in [4.78, 5) is 10.3. The fourth-order valence-electron chi connectivity index (χ4n) is 9.06. The van der Waals surface area contributed by atoms with Crippen molar-refractivity contribution in [3.8, 4) is 11.4 Å². The molecule has 1 aliphatic carbocycles. The number of hydrogen-bond acceptors (Lipinski definition) is 3. The first-order valence-corrected chi connectivity index (χ1v) is 17.8. The Morgan fingerprint density at radius 3 is 2.06 bits per heavy atom. The first-order valence-electron chi connectivity index (χ1n) is 17.8. The maximum Gasteiger partial charge on any atom is 2.00 e. The minimum absolute atomic E-state index is 0. The van der Waals surface area contributed by atoms with Gasteiger partial charge in [-0.2, -0.15) is 6.07 Å². The molecule has 6 heteroatoms. The zero-order valence-electron chi connectivity index (χ0n) is 30.3. The predicted molar refractivity (Wildman–Crippen MR) is 208 cm³/mol. The smallest absolute Gasteiger partial charge is 0.508 e. The topological polar surface area (TPSA) is 44.3 Å². The van der Waals surface area contributed by atoms with Crippen LogP contribution in [-0.4, -0.2) is 25.6 Å². The summed E-state index contributed by atoms with van der Waals surface area (Å²) < 4.78 is 11.5. The number of pyridine rings is 1. The van der Waals surface area contributed by atoms with Crippen LogP contribution in [0.1, 0.15) is 61.1 Å². The molecule has 0 saturated carbocycles. The number of rotatable bonds is 3. The Balaban J connectivity index is 0.00000360. The van der Waals surface area contributed by atoms with E-state index in [1.54, 1.807) is 0 Å². The third-order valence-electron chi connectivity index (χ3n) is 12.1. The Morgan fingerprint density at radius 1 is 0.615 bits per heavy atom. The van der Waals surface area contributed by atoms with Crippen LogP contribution in [0.15, 0.2) is 108 Å². The third kappa shape index (κ3) is 4.20. The van der Waals surface area contributed by atoms with E-state index in [2.05, 4.69) is 161 Å². The molecule has 52 heavy (non-hydrogen) atoms. The Hall–Kier alpha value is -4.99. The van der Waals surface area contributed by atoms with Crippen molar-refractivity contribution < 1.29 is 25.8 Å². The van der Waals surface area contributed by atoms with Gasteiger partial charge in [0.25, 0.3) is 0 Å². The minimum atomic E-state index is -0.595. The quantitative estimate of drug-likeness (QED) is 0.166. The van der Waals surface area contributed by atoms with Crippen LogP contribution in [0, 0.1) is 32.9 Å². The molecule has 0 spiro atoms. The van der Waals surface area contributed by atoms with Crippen molar-refractivity contribution in [1.82, 2.24) is 14.1 Å². The predicted octanol–water partition coefficient (Wildman–Crippen LogP) is 10.5. The number of aliphatic imine (C=N–C) groups is 1. The van der Waals surface area contributed by atoms with Gasteiger partial charge in [0.2, 0.25) is 0 Å². The SMILES string of the molecule is Cc1cc(C2=N[C@]3(C)C(C)(C)c4ccccc4[C@]3(C)O2)[c-]c(-n2c3[c-]c(-n4c5ccc(C)cc5c5cccnc54)ccc3c3cc(C)ccc32)c1.[Pt+2]. The van der Waals surface area contributed by atoms with Gasteiger partial charge in [0, 0.05) is 33.5 Å². The molecule has 0 amide bonds. The van der Waals surface area contributed by atoms with Gasteiger partial charge in [-0.25, -0.2) is 4.98 Å². The van der Waals surface area contributed by atoms with E-state index in [0.29, 0.717) is 5.90 Å². The summed E-state index contributed by atoms with van der Waals surface area (Å²) in [6.45, 7) is 15.4. The second-order valence-corrected chi connectivity index (χ2v) is 15.4. The summed E-state index contributed by atoms with van der Waals surface area (Å²) in [6.07, 6.45) is 1.87. The zero-order chi connectivity index (χ0) is 35.0. The molecule has 2 aliphatic rings. The molecule has 8 aromatic rings. The van der Waals surface area contributed by atoms with Crippen LogP contribution in [0.5, 0.6) is 0 Å². The van der Waals surface area contributed by atoms with Crippen LogP contribution in [0.4, 0.5) is 0 Å². The normalized spacial score (nSPS) is 20.2. The van der Waals surface area contributed by atoms with Gasteiger partial charge in [0.1, 0.15) is 22.7 Å².